The second kappa shape index (κ2) is 9.29. The average molecular weight is 304 g/mol. The third-order valence-electron chi connectivity index (χ3n) is 4.53. The van der Waals surface area contributed by atoms with E-state index in [4.69, 9.17) is 0 Å². The standard InChI is InChI=1S/C19H32N2O/c1-16(2)15-18(19(22)17-9-5-3-6-10-17)20-11-14-21-12-7-4-8-13-21/h3,5-6,9-10,16,18-20,22H,4,7-8,11-15H2,1-2H3. The Hall–Kier alpha value is -0.900. The van der Waals surface area contributed by atoms with Crippen molar-refractivity contribution in [3.8, 4) is 0 Å². The minimum atomic E-state index is -0.426. The summed E-state index contributed by atoms with van der Waals surface area (Å²) in [4.78, 5) is 2.54. The molecule has 2 atom stereocenters. The maximum atomic E-state index is 10.7. The highest BCUT2D eigenvalue weighted by molar-refractivity contribution is 5.18. The Kier molecular flexibility index (Phi) is 7.37. The van der Waals surface area contributed by atoms with Crippen LogP contribution in [0.5, 0.6) is 0 Å². The van der Waals surface area contributed by atoms with Gasteiger partial charge in [0.05, 0.1) is 6.10 Å². The van der Waals surface area contributed by atoms with E-state index in [1.54, 1.807) is 0 Å². The second-order valence-corrected chi connectivity index (χ2v) is 6.95. The SMILES string of the molecule is CC(C)CC(NCCN1CCCCC1)C(O)c1ccccc1. The summed E-state index contributed by atoms with van der Waals surface area (Å²) in [5.41, 5.74) is 1.01. The van der Waals surface area contributed by atoms with Gasteiger partial charge in [-0.05, 0) is 43.8 Å². The van der Waals surface area contributed by atoms with Crippen molar-refractivity contribution in [3.05, 3.63) is 35.9 Å². The molecule has 1 saturated heterocycles. The van der Waals surface area contributed by atoms with Crippen molar-refractivity contribution in [1.29, 1.82) is 0 Å². The van der Waals surface area contributed by atoms with Crippen molar-refractivity contribution < 1.29 is 5.11 Å². The quantitative estimate of drug-likeness (QED) is 0.774. The van der Waals surface area contributed by atoms with Crippen LogP contribution < -0.4 is 5.32 Å². The average Bonchev–Trinajstić information content (AvgIpc) is 2.55. The molecule has 1 aromatic carbocycles. The van der Waals surface area contributed by atoms with Gasteiger partial charge in [0.2, 0.25) is 0 Å². The molecule has 0 aromatic heterocycles. The molecule has 124 valence electrons. The minimum Gasteiger partial charge on any atom is -0.387 e. The van der Waals surface area contributed by atoms with Gasteiger partial charge in [0.25, 0.3) is 0 Å². The van der Waals surface area contributed by atoms with Crippen LogP contribution in [0.1, 0.15) is 51.2 Å². The van der Waals surface area contributed by atoms with Gasteiger partial charge in [-0.1, -0.05) is 50.6 Å². The molecule has 1 aliphatic rings. The summed E-state index contributed by atoms with van der Waals surface area (Å²) in [7, 11) is 0. The third-order valence-corrected chi connectivity index (χ3v) is 4.53. The lowest BCUT2D eigenvalue weighted by molar-refractivity contribution is 0.113. The lowest BCUT2D eigenvalue weighted by Gasteiger charge is -2.30. The third kappa shape index (κ3) is 5.71. The molecular weight excluding hydrogens is 272 g/mol. The van der Waals surface area contributed by atoms with E-state index in [2.05, 4.69) is 24.1 Å². The number of hydrogen-bond acceptors (Lipinski definition) is 3. The number of nitrogens with zero attached hydrogens (tertiary/aromatic N) is 1. The summed E-state index contributed by atoms with van der Waals surface area (Å²) in [6.07, 6.45) is 4.62. The van der Waals surface area contributed by atoms with Crippen molar-refractivity contribution in [2.45, 2.75) is 51.7 Å². The molecule has 0 radical (unpaired) electrons. The molecule has 1 aromatic rings. The summed E-state index contributed by atoms with van der Waals surface area (Å²) >= 11 is 0. The fourth-order valence-corrected chi connectivity index (χ4v) is 3.31. The molecule has 1 fully saturated rings. The molecule has 2 N–H and O–H groups in total. The molecule has 0 bridgehead atoms. The second-order valence-electron chi connectivity index (χ2n) is 6.95. The summed E-state index contributed by atoms with van der Waals surface area (Å²) in [5, 5.41) is 14.3. The van der Waals surface area contributed by atoms with E-state index in [1.165, 1.54) is 32.4 Å². The zero-order valence-corrected chi connectivity index (χ0v) is 14.2. The molecule has 0 spiro atoms. The Morgan fingerprint density at radius 3 is 2.41 bits per heavy atom. The molecule has 2 rings (SSSR count). The number of likely N-dealkylation sites (tertiary alicyclic amines) is 1. The Bertz CT molecular complexity index is 401. The number of hydrogen-bond donors (Lipinski definition) is 2. The summed E-state index contributed by atoms with van der Waals surface area (Å²) in [6, 6.07) is 10.2. The highest BCUT2D eigenvalue weighted by Crippen LogP contribution is 2.21. The van der Waals surface area contributed by atoms with Gasteiger partial charge in [0.15, 0.2) is 0 Å². The fourth-order valence-electron chi connectivity index (χ4n) is 3.31. The highest BCUT2D eigenvalue weighted by atomic mass is 16.3. The van der Waals surface area contributed by atoms with E-state index in [9.17, 15) is 5.11 Å². The van der Waals surface area contributed by atoms with Crippen LogP contribution in [0.25, 0.3) is 0 Å². The van der Waals surface area contributed by atoms with Gasteiger partial charge in [0, 0.05) is 19.1 Å². The van der Waals surface area contributed by atoms with Gasteiger partial charge < -0.3 is 15.3 Å². The monoisotopic (exact) mass is 304 g/mol. The number of aliphatic hydroxyl groups excluding tert-OH is 1. The van der Waals surface area contributed by atoms with Crippen LogP contribution >= 0.6 is 0 Å². The number of aliphatic hydroxyl groups is 1. The van der Waals surface area contributed by atoms with Crippen molar-refractivity contribution in [1.82, 2.24) is 10.2 Å². The molecule has 22 heavy (non-hydrogen) atoms. The van der Waals surface area contributed by atoms with Crippen LogP contribution in [0, 0.1) is 5.92 Å². The van der Waals surface area contributed by atoms with E-state index in [0.29, 0.717) is 5.92 Å². The molecule has 3 nitrogen and oxygen atoms in total. The normalized spacial score (nSPS) is 19.3. The van der Waals surface area contributed by atoms with Gasteiger partial charge >= 0.3 is 0 Å². The van der Waals surface area contributed by atoms with Crippen LogP contribution in [-0.2, 0) is 0 Å². The summed E-state index contributed by atoms with van der Waals surface area (Å²) < 4.78 is 0. The Morgan fingerprint density at radius 2 is 1.77 bits per heavy atom. The summed E-state index contributed by atoms with van der Waals surface area (Å²) in [6.45, 7) is 8.96. The maximum absolute atomic E-state index is 10.7. The predicted octanol–water partition coefficient (Wildman–Crippen LogP) is 3.21. The first-order chi connectivity index (χ1) is 10.7. The first kappa shape index (κ1) is 17.5. The van der Waals surface area contributed by atoms with Crippen molar-refractivity contribution in [3.63, 3.8) is 0 Å². The van der Waals surface area contributed by atoms with Crippen LogP contribution in [-0.4, -0.2) is 42.2 Å². The molecule has 0 saturated carbocycles. The topological polar surface area (TPSA) is 35.5 Å². The first-order valence-electron chi connectivity index (χ1n) is 8.85. The van der Waals surface area contributed by atoms with Crippen molar-refractivity contribution in [2.24, 2.45) is 5.92 Å². The maximum Gasteiger partial charge on any atom is 0.0943 e. The molecular formula is C19H32N2O. The number of benzene rings is 1. The Labute approximate surface area is 135 Å². The van der Waals surface area contributed by atoms with E-state index >= 15 is 0 Å². The Morgan fingerprint density at radius 1 is 1.09 bits per heavy atom. The van der Waals surface area contributed by atoms with Crippen LogP contribution in [0.2, 0.25) is 0 Å². The van der Waals surface area contributed by atoms with Crippen LogP contribution in [0.4, 0.5) is 0 Å². The van der Waals surface area contributed by atoms with Crippen LogP contribution in [0.15, 0.2) is 30.3 Å². The lowest BCUT2D eigenvalue weighted by atomic mass is 9.94. The molecule has 2 unspecified atom stereocenters. The van der Waals surface area contributed by atoms with Gasteiger partial charge in [0.1, 0.15) is 0 Å². The zero-order valence-electron chi connectivity index (χ0n) is 14.2. The molecule has 3 heteroatoms. The summed E-state index contributed by atoms with van der Waals surface area (Å²) in [5.74, 6) is 0.575. The molecule has 0 aliphatic carbocycles. The molecule has 1 aliphatic heterocycles. The highest BCUT2D eigenvalue weighted by Gasteiger charge is 2.21. The van der Waals surface area contributed by atoms with Gasteiger partial charge in [-0.3, -0.25) is 0 Å². The van der Waals surface area contributed by atoms with Crippen LogP contribution in [0.3, 0.4) is 0 Å². The van der Waals surface area contributed by atoms with Crippen molar-refractivity contribution in [2.75, 3.05) is 26.2 Å². The zero-order chi connectivity index (χ0) is 15.8. The number of rotatable bonds is 8. The first-order valence-corrected chi connectivity index (χ1v) is 8.85. The molecule has 0 amide bonds. The van der Waals surface area contributed by atoms with E-state index in [0.717, 1.165) is 25.1 Å². The van der Waals surface area contributed by atoms with E-state index in [-0.39, 0.29) is 6.04 Å². The van der Waals surface area contributed by atoms with Gasteiger partial charge in [-0.15, -0.1) is 0 Å². The molecule has 1 heterocycles. The lowest BCUT2D eigenvalue weighted by Crippen LogP contribution is -2.42. The Balaban J connectivity index is 1.85. The largest absolute Gasteiger partial charge is 0.387 e. The van der Waals surface area contributed by atoms with Crippen molar-refractivity contribution >= 4 is 0 Å². The number of piperidine rings is 1. The van der Waals surface area contributed by atoms with Gasteiger partial charge in [-0.2, -0.15) is 0 Å². The number of nitrogens with one attached hydrogen (secondary N) is 1. The smallest absolute Gasteiger partial charge is 0.0943 e. The fraction of sp³-hybridized carbons (Fsp3) is 0.684. The minimum absolute atomic E-state index is 0.132. The van der Waals surface area contributed by atoms with Gasteiger partial charge in [-0.25, -0.2) is 0 Å². The van der Waals surface area contributed by atoms with E-state index in [1.807, 2.05) is 30.3 Å². The van der Waals surface area contributed by atoms with E-state index < -0.39 is 6.10 Å². The predicted molar refractivity (Wildman–Crippen MR) is 92.9 cm³/mol.